The highest BCUT2D eigenvalue weighted by atomic mass is 127. The number of nitrogens with zero attached hydrogens (tertiary/aromatic N) is 2. The van der Waals surface area contributed by atoms with E-state index in [1.165, 1.54) is 24.4 Å². The summed E-state index contributed by atoms with van der Waals surface area (Å²) in [5.74, 6) is -0.0521. The molecular weight excluding hydrogens is 448 g/mol. The summed E-state index contributed by atoms with van der Waals surface area (Å²) in [5.41, 5.74) is 5.97. The third-order valence-electron chi connectivity index (χ3n) is 3.63. The number of nitrogens with one attached hydrogen (secondary N) is 1. The molecule has 1 aliphatic rings. The zero-order chi connectivity index (χ0) is 18.2. The number of anilines is 1. The van der Waals surface area contributed by atoms with E-state index in [1.807, 2.05) is 6.07 Å². The van der Waals surface area contributed by atoms with Crippen LogP contribution in [0.4, 0.5) is 23.7 Å². The summed E-state index contributed by atoms with van der Waals surface area (Å²) in [5, 5.41) is 2.80. The number of aromatic nitrogens is 1. The molecular formula is C16H12F3IN4O. The maximum atomic E-state index is 13.6. The van der Waals surface area contributed by atoms with E-state index >= 15 is 0 Å². The largest absolute Gasteiger partial charge is 0.412 e. The van der Waals surface area contributed by atoms with Crippen molar-refractivity contribution in [2.24, 2.45) is 5.73 Å². The maximum absolute atomic E-state index is 13.6. The van der Waals surface area contributed by atoms with Crippen molar-refractivity contribution in [3.63, 3.8) is 0 Å². The molecule has 5 nitrogen and oxygen atoms in total. The first-order valence-corrected chi connectivity index (χ1v) is 8.21. The highest BCUT2D eigenvalue weighted by molar-refractivity contribution is 14.1. The summed E-state index contributed by atoms with van der Waals surface area (Å²) in [6.07, 6.45) is 0.521. The SMILES string of the molecule is NC(=O)NC1=CC=CC(C(F)(F)F)N1c1ccnc2c(I)cccc12. The zero-order valence-corrected chi connectivity index (χ0v) is 14.7. The number of carbonyl (C=O) groups is 1. The topological polar surface area (TPSA) is 71.2 Å². The standard InChI is InChI=1S/C16H12F3IN4O/c17-16(18,19)12-5-2-6-13(23-15(21)25)24(12)11-7-8-22-14-9(11)3-1-4-10(14)20/h1-8,12H,(H3,21,23,25). The molecule has 25 heavy (non-hydrogen) atoms. The number of rotatable bonds is 2. The van der Waals surface area contributed by atoms with Crippen LogP contribution in [0, 0.1) is 3.57 Å². The van der Waals surface area contributed by atoms with Crippen molar-refractivity contribution in [3.05, 3.63) is 58.1 Å². The predicted molar refractivity (Wildman–Crippen MR) is 96.7 cm³/mol. The van der Waals surface area contributed by atoms with Gasteiger partial charge in [-0.25, -0.2) is 4.79 Å². The number of halogens is 4. The van der Waals surface area contributed by atoms with Crippen molar-refractivity contribution in [2.75, 3.05) is 4.90 Å². The third-order valence-corrected chi connectivity index (χ3v) is 4.50. The number of fused-ring (bicyclic) bond motifs is 1. The van der Waals surface area contributed by atoms with Crippen LogP contribution in [-0.4, -0.2) is 23.2 Å². The fourth-order valence-electron chi connectivity index (χ4n) is 2.67. The third kappa shape index (κ3) is 3.41. The molecule has 2 heterocycles. The number of pyridine rings is 1. The van der Waals surface area contributed by atoms with Gasteiger partial charge in [-0.3, -0.25) is 10.3 Å². The van der Waals surface area contributed by atoms with Crippen LogP contribution in [-0.2, 0) is 0 Å². The molecule has 0 bridgehead atoms. The van der Waals surface area contributed by atoms with Crippen molar-refractivity contribution in [1.82, 2.24) is 10.3 Å². The lowest BCUT2D eigenvalue weighted by atomic mass is 10.1. The molecule has 130 valence electrons. The molecule has 0 aliphatic carbocycles. The number of urea groups is 1. The molecule has 9 heteroatoms. The molecule has 3 rings (SSSR count). The van der Waals surface area contributed by atoms with Gasteiger partial charge >= 0.3 is 12.2 Å². The minimum absolute atomic E-state index is 0.0521. The number of hydrogen-bond donors (Lipinski definition) is 2. The second kappa shape index (κ2) is 6.54. The Balaban J connectivity index is 2.22. The van der Waals surface area contributed by atoms with E-state index in [2.05, 4.69) is 32.9 Å². The minimum atomic E-state index is -4.55. The van der Waals surface area contributed by atoms with Gasteiger partial charge in [-0.05, 0) is 40.8 Å². The van der Waals surface area contributed by atoms with Gasteiger partial charge < -0.3 is 10.6 Å². The lowest BCUT2D eigenvalue weighted by molar-refractivity contribution is -0.137. The molecule has 2 amide bonds. The van der Waals surface area contributed by atoms with Crippen molar-refractivity contribution in [2.45, 2.75) is 12.2 Å². The van der Waals surface area contributed by atoms with Crippen molar-refractivity contribution in [3.8, 4) is 0 Å². The van der Waals surface area contributed by atoms with E-state index in [0.717, 1.165) is 14.5 Å². The summed E-state index contributed by atoms with van der Waals surface area (Å²) in [6, 6.07) is 3.83. The van der Waals surface area contributed by atoms with Gasteiger partial charge in [-0.15, -0.1) is 0 Å². The van der Waals surface area contributed by atoms with E-state index < -0.39 is 18.2 Å². The number of nitrogens with two attached hydrogens (primary N) is 1. The molecule has 0 saturated carbocycles. The predicted octanol–water partition coefficient (Wildman–Crippen LogP) is 3.66. The van der Waals surface area contributed by atoms with E-state index in [1.54, 1.807) is 12.1 Å². The number of amides is 2. The Labute approximate surface area is 154 Å². The monoisotopic (exact) mass is 460 g/mol. The molecule has 3 N–H and O–H groups in total. The maximum Gasteiger partial charge on any atom is 0.412 e. The summed E-state index contributed by atoms with van der Waals surface area (Å²) in [6.45, 7) is 0. The van der Waals surface area contributed by atoms with Gasteiger partial charge in [-0.2, -0.15) is 13.2 Å². The van der Waals surface area contributed by atoms with Crippen molar-refractivity contribution in [1.29, 1.82) is 0 Å². The quantitative estimate of drug-likeness (QED) is 0.673. The molecule has 1 aliphatic heterocycles. The summed E-state index contributed by atoms with van der Waals surface area (Å²) >= 11 is 2.07. The van der Waals surface area contributed by atoms with Crippen molar-refractivity contribution < 1.29 is 18.0 Å². The lowest BCUT2D eigenvalue weighted by Crippen LogP contribution is -2.50. The van der Waals surface area contributed by atoms with Gasteiger partial charge in [0.1, 0.15) is 11.9 Å². The number of primary amides is 1. The summed E-state index contributed by atoms with van der Waals surface area (Å²) in [7, 11) is 0. The number of carbonyl (C=O) groups excluding carboxylic acids is 1. The fourth-order valence-corrected chi connectivity index (χ4v) is 3.30. The van der Waals surface area contributed by atoms with Crippen LogP contribution in [0.15, 0.2) is 54.5 Å². The zero-order valence-electron chi connectivity index (χ0n) is 12.6. The smallest absolute Gasteiger partial charge is 0.351 e. The van der Waals surface area contributed by atoms with E-state index in [9.17, 15) is 18.0 Å². The van der Waals surface area contributed by atoms with Crippen molar-refractivity contribution >= 4 is 45.2 Å². The Morgan fingerprint density at radius 3 is 2.76 bits per heavy atom. The molecule has 0 fully saturated rings. The molecule has 0 radical (unpaired) electrons. The molecule has 0 saturated heterocycles. The molecule has 1 unspecified atom stereocenters. The van der Waals surface area contributed by atoms with Gasteiger partial charge in [0.25, 0.3) is 0 Å². The average molecular weight is 460 g/mol. The average Bonchev–Trinajstić information content (AvgIpc) is 2.53. The van der Waals surface area contributed by atoms with E-state index in [0.29, 0.717) is 10.9 Å². The van der Waals surface area contributed by atoms with Gasteiger partial charge in [0.2, 0.25) is 0 Å². The normalized spacial score (nSPS) is 17.5. The Bertz CT molecular complexity index is 895. The molecule has 0 spiro atoms. The highest BCUT2D eigenvalue weighted by Gasteiger charge is 2.45. The van der Waals surface area contributed by atoms with Gasteiger partial charge in [-0.1, -0.05) is 24.3 Å². The first-order valence-electron chi connectivity index (χ1n) is 7.13. The lowest BCUT2D eigenvalue weighted by Gasteiger charge is -2.36. The van der Waals surface area contributed by atoms with Crippen LogP contribution in [0.2, 0.25) is 0 Å². The Morgan fingerprint density at radius 2 is 2.08 bits per heavy atom. The first kappa shape index (κ1) is 17.5. The van der Waals surface area contributed by atoms with E-state index in [-0.39, 0.29) is 11.5 Å². The Hall–Kier alpha value is -2.30. The van der Waals surface area contributed by atoms with Gasteiger partial charge in [0.05, 0.1) is 11.2 Å². The number of allylic oxidation sites excluding steroid dienone is 2. The van der Waals surface area contributed by atoms with Crippen LogP contribution in [0.3, 0.4) is 0 Å². The van der Waals surface area contributed by atoms with Crippen LogP contribution in [0.25, 0.3) is 10.9 Å². The number of alkyl halides is 3. The summed E-state index contributed by atoms with van der Waals surface area (Å²) < 4.78 is 41.6. The Morgan fingerprint density at radius 1 is 1.32 bits per heavy atom. The van der Waals surface area contributed by atoms with Crippen LogP contribution < -0.4 is 16.0 Å². The minimum Gasteiger partial charge on any atom is -0.351 e. The molecule has 1 aromatic heterocycles. The van der Waals surface area contributed by atoms with E-state index in [4.69, 9.17) is 5.73 Å². The number of benzene rings is 1. The second-order valence-electron chi connectivity index (χ2n) is 5.25. The van der Waals surface area contributed by atoms with Gasteiger partial charge in [0, 0.05) is 15.2 Å². The van der Waals surface area contributed by atoms with Crippen LogP contribution in [0.1, 0.15) is 0 Å². The second-order valence-corrected chi connectivity index (χ2v) is 6.41. The highest BCUT2D eigenvalue weighted by Crippen LogP contribution is 2.37. The molecule has 1 atom stereocenters. The Kier molecular flexibility index (Phi) is 4.58. The molecule has 2 aromatic rings. The van der Waals surface area contributed by atoms with Crippen LogP contribution in [0.5, 0.6) is 0 Å². The summed E-state index contributed by atoms with van der Waals surface area (Å²) in [4.78, 5) is 16.5. The van der Waals surface area contributed by atoms with Gasteiger partial charge in [0.15, 0.2) is 0 Å². The van der Waals surface area contributed by atoms with Crippen LogP contribution >= 0.6 is 22.6 Å². The number of para-hydroxylation sites is 1. The number of hydrogen-bond acceptors (Lipinski definition) is 3. The first-order chi connectivity index (χ1) is 11.8. The molecule has 1 aromatic carbocycles. The fraction of sp³-hybridized carbons (Fsp3) is 0.125.